The van der Waals surface area contributed by atoms with Crippen molar-refractivity contribution >= 4 is 13.6 Å². The lowest BCUT2D eigenvalue weighted by Crippen LogP contribution is -2.44. The van der Waals surface area contributed by atoms with Crippen molar-refractivity contribution in [3.8, 4) is 0 Å². The zero-order chi connectivity index (χ0) is 10.8. The number of nitrogens with one attached hydrogen (secondary N) is 1. The SMILES string of the molecule is O=C(O)[C@@H]1C[C@@H](CP(=O)(O)O)CCN1. The Labute approximate surface area is 81.5 Å². The van der Waals surface area contributed by atoms with Crippen molar-refractivity contribution in [2.24, 2.45) is 5.92 Å². The maximum Gasteiger partial charge on any atom is 0.325 e. The van der Waals surface area contributed by atoms with E-state index in [-0.39, 0.29) is 12.1 Å². The first-order valence-electron chi connectivity index (χ1n) is 4.39. The molecule has 82 valence electrons. The number of carboxylic acid groups (broad SMARTS) is 1. The van der Waals surface area contributed by atoms with Crippen LogP contribution in [0.25, 0.3) is 0 Å². The van der Waals surface area contributed by atoms with Crippen molar-refractivity contribution in [1.82, 2.24) is 5.32 Å². The highest BCUT2D eigenvalue weighted by atomic mass is 31.2. The first-order chi connectivity index (χ1) is 6.38. The second kappa shape index (κ2) is 4.40. The fourth-order valence-electron chi connectivity index (χ4n) is 1.69. The highest BCUT2D eigenvalue weighted by molar-refractivity contribution is 7.51. The maximum atomic E-state index is 10.7. The molecule has 0 spiro atoms. The molecule has 2 atom stereocenters. The standard InChI is InChI=1S/C7H14NO5P/c9-7(10)6-3-5(1-2-8-6)4-14(11,12)13/h5-6,8H,1-4H2,(H,9,10)(H2,11,12,13)/t5-,6-/m0/s1. The van der Waals surface area contributed by atoms with E-state index in [1.54, 1.807) is 0 Å². The summed E-state index contributed by atoms with van der Waals surface area (Å²) in [5.41, 5.74) is 0. The Morgan fingerprint density at radius 2 is 2.14 bits per heavy atom. The minimum Gasteiger partial charge on any atom is -0.480 e. The second-order valence-corrected chi connectivity index (χ2v) is 5.28. The van der Waals surface area contributed by atoms with Crippen LogP contribution in [0.2, 0.25) is 0 Å². The molecule has 0 bridgehead atoms. The van der Waals surface area contributed by atoms with Crippen LogP contribution in [-0.4, -0.2) is 39.6 Å². The predicted molar refractivity (Wildman–Crippen MR) is 49.1 cm³/mol. The fraction of sp³-hybridized carbons (Fsp3) is 0.857. The summed E-state index contributed by atoms with van der Waals surface area (Å²) in [7, 11) is -4.01. The third kappa shape index (κ3) is 3.75. The lowest BCUT2D eigenvalue weighted by atomic mass is 9.94. The van der Waals surface area contributed by atoms with Crippen LogP contribution in [-0.2, 0) is 9.36 Å². The first-order valence-corrected chi connectivity index (χ1v) is 6.19. The first kappa shape index (κ1) is 11.7. The van der Waals surface area contributed by atoms with E-state index in [2.05, 4.69) is 5.32 Å². The number of aliphatic carboxylic acids is 1. The molecule has 7 heteroatoms. The van der Waals surface area contributed by atoms with Crippen molar-refractivity contribution < 1.29 is 24.3 Å². The monoisotopic (exact) mass is 223 g/mol. The third-order valence-electron chi connectivity index (χ3n) is 2.31. The van der Waals surface area contributed by atoms with Crippen LogP contribution in [0.4, 0.5) is 0 Å². The van der Waals surface area contributed by atoms with E-state index in [9.17, 15) is 9.36 Å². The number of rotatable bonds is 3. The highest BCUT2D eigenvalue weighted by Crippen LogP contribution is 2.39. The van der Waals surface area contributed by atoms with E-state index in [1.807, 2.05) is 0 Å². The third-order valence-corrected chi connectivity index (χ3v) is 3.30. The second-order valence-electron chi connectivity index (χ2n) is 3.58. The number of hydrogen-bond donors (Lipinski definition) is 4. The molecular formula is C7H14NO5P. The molecule has 0 amide bonds. The molecule has 1 saturated heterocycles. The summed E-state index contributed by atoms with van der Waals surface area (Å²) in [4.78, 5) is 28.1. The summed E-state index contributed by atoms with van der Waals surface area (Å²) in [6, 6.07) is -0.666. The van der Waals surface area contributed by atoms with Gasteiger partial charge in [-0.2, -0.15) is 0 Å². The Kier molecular flexibility index (Phi) is 3.66. The van der Waals surface area contributed by atoms with Gasteiger partial charge in [0.1, 0.15) is 6.04 Å². The number of piperidine rings is 1. The molecule has 0 aliphatic carbocycles. The predicted octanol–water partition coefficient (Wildman–Crippen LogP) is -0.383. The van der Waals surface area contributed by atoms with Crippen LogP contribution in [0.1, 0.15) is 12.8 Å². The van der Waals surface area contributed by atoms with Gasteiger partial charge in [-0.3, -0.25) is 9.36 Å². The topological polar surface area (TPSA) is 107 Å². The van der Waals surface area contributed by atoms with E-state index >= 15 is 0 Å². The van der Waals surface area contributed by atoms with Gasteiger partial charge in [0.05, 0.1) is 6.16 Å². The average Bonchev–Trinajstić information content (AvgIpc) is 2.01. The molecule has 1 rings (SSSR count). The van der Waals surface area contributed by atoms with E-state index in [0.717, 1.165) is 0 Å². The lowest BCUT2D eigenvalue weighted by molar-refractivity contribution is -0.140. The zero-order valence-corrected chi connectivity index (χ0v) is 8.48. The molecule has 1 aliphatic rings. The van der Waals surface area contributed by atoms with Gasteiger partial charge in [0, 0.05) is 0 Å². The minimum atomic E-state index is -4.01. The van der Waals surface area contributed by atoms with Crippen LogP contribution in [0.15, 0.2) is 0 Å². The quantitative estimate of drug-likeness (QED) is 0.486. The lowest BCUT2D eigenvalue weighted by Gasteiger charge is -2.27. The molecule has 0 radical (unpaired) electrons. The Balaban J connectivity index is 2.48. The van der Waals surface area contributed by atoms with Crippen molar-refractivity contribution in [1.29, 1.82) is 0 Å². The van der Waals surface area contributed by atoms with Gasteiger partial charge in [0.25, 0.3) is 0 Å². The summed E-state index contributed by atoms with van der Waals surface area (Å²) in [5.74, 6) is -1.15. The molecule has 1 aliphatic heterocycles. The molecule has 0 unspecified atom stereocenters. The van der Waals surface area contributed by atoms with Gasteiger partial charge in [-0.15, -0.1) is 0 Å². The zero-order valence-electron chi connectivity index (χ0n) is 7.59. The van der Waals surface area contributed by atoms with Gasteiger partial charge in [-0.05, 0) is 25.3 Å². The Morgan fingerprint density at radius 1 is 1.50 bits per heavy atom. The van der Waals surface area contributed by atoms with E-state index < -0.39 is 19.6 Å². The van der Waals surface area contributed by atoms with Crippen LogP contribution >= 0.6 is 7.60 Å². The molecule has 0 aromatic carbocycles. The van der Waals surface area contributed by atoms with Crippen molar-refractivity contribution in [3.63, 3.8) is 0 Å². The van der Waals surface area contributed by atoms with Crippen molar-refractivity contribution in [2.45, 2.75) is 18.9 Å². The highest BCUT2D eigenvalue weighted by Gasteiger charge is 2.30. The summed E-state index contributed by atoms with van der Waals surface area (Å²) in [6.07, 6.45) is 0.702. The van der Waals surface area contributed by atoms with Gasteiger partial charge in [-0.1, -0.05) is 0 Å². The Hall–Kier alpha value is -0.420. The molecular weight excluding hydrogens is 209 g/mol. The molecule has 0 aromatic rings. The molecule has 0 saturated carbocycles. The fourth-order valence-corrected chi connectivity index (χ4v) is 2.69. The van der Waals surface area contributed by atoms with Gasteiger partial charge in [0.2, 0.25) is 0 Å². The van der Waals surface area contributed by atoms with Gasteiger partial charge < -0.3 is 20.2 Å². The Bertz CT molecular complexity index is 263. The van der Waals surface area contributed by atoms with Crippen molar-refractivity contribution in [3.05, 3.63) is 0 Å². The van der Waals surface area contributed by atoms with E-state index in [4.69, 9.17) is 14.9 Å². The normalized spacial score (nSPS) is 28.7. The van der Waals surface area contributed by atoms with Crippen LogP contribution in [0, 0.1) is 5.92 Å². The number of hydrogen-bond acceptors (Lipinski definition) is 3. The van der Waals surface area contributed by atoms with Gasteiger partial charge in [0.15, 0.2) is 0 Å². The molecule has 4 N–H and O–H groups in total. The molecule has 0 aromatic heterocycles. The summed E-state index contributed by atoms with van der Waals surface area (Å²) in [5, 5.41) is 11.5. The van der Waals surface area contributed by atoms with Crippen LogP contribution < -0.4 is 5.32 Å². The summed E-state index contributed by atoms with van der Waals surface area (Å²) >= 11 is 0. The molecule has 1 heterocycles. The molecule has 1 fully saturated rings. The maximum absolute atomic E-state index is 10.7. The van der Waals surface area contributed by atoms with Crippen molar-refractivity contribution in [2.75, 3.05) is 12.7 Å². The minimum absolute atomic E-state index is 0.196. The smallest absolute Gasteiger partial charge is 0.325 e. The Morgan fingerprint density at radius 3 is 2.64 bits per heavy atom. The van der Waals surface area contributed by atoms with Gasteiger partial charge in [-0.25, -0.2) is 0 Å². The average molecular weight is 223 g/mol. The largest absolute Gasteiger partial charge is 0.480 e. The van der Waals surface area contributed by atoms with Gasteiger partial charge >= 0.3 is 13.6 Å². The van der Waals surface area contributed by atoms with Crippen LogP contribution in [0.5, 0.6) is 0 Å². The molecule has 14 heavy (non-hydrogen) atoms. The number of carbonyl (C=O) groups is 1. The summed E-state index contributed by atoms with van der Waals surface area (Å²) < 4.78 is 10.7. The van der Waals surface area contributed by atoms with E-state index in [0.29, 0.717) is 19.4 Å². The molecule has 6 nitrogen and oxygen atoms in total. The van der Waals surface area contributed by atoms with E-state index in [1.165, 1.54) is 0 Å². The summed E-state index contributed by atoms with van der Waals surface area (Å²) in [6.45, 7) is 0.502. The van der Waals surface area contributed by atoms with Crippen LogP contribution in [0.3, 0.4) is 0 Å². The number of carboxylic acids is 1.